The molecule has 4 heterocycles. The molecule has 4 aromatic heterocycles. The smallest absolute Gasteiger partial charge is 0.368 e. The van der Waals surface area contributed by atoms with Crippen LogP contribution in [-0.4, -0.2) is 85.1 Å². The van der Waals surface area contributed by atoms with Gasteiger partial charge in [-0.1, -0.05) is 93.6 Å². The summed E-state index contributed by atoms with van der Waals surface area (Å²) in [6.07, 6.45) is 4.00. The fraction of sp³-hybridized carbons (Fsp3) is 0.278. The molecule has 0 aliphatic heterocycles. The van der Waals surface area contributed by atoms with Crippen LogP contribution < -0.4 is 41.7 Å². The van der Waals surface area contributed by atoms with Gasteiger partial charge in [-0.25, -0.2) is 28.0 Å². The zero-order chi connectivity index (χ0) is 72.4. The number of rotatable bonds is 21. The fourth-order valence-electron chi connectivity index (χ4n) is 11.0. The molecule has 2 fully saturated rings. The van der Waals surface area contributed by atoms with Gasteiger partial charge in [-0.2, -0.15) is 110 Å². The Morgan fingerprint density at radius 2 is 0.764 bits per heavy atom. The number of alkyl halides is 2. The maximum Gasteiger partial charge on any atom is 0.368 e. The Morgan fingerprint density at radius 1 is 0.453 bits per heavy atom. The van der Waals surface area contributed by atoms with Gasteiger partial charge in [0.15, 0.2) is 0 Å². The molecule has 14 rings (SSSR count). The number of ether oxygens (including phenoxy) is 4. The maximum absolute atomic E-state index is 13.8. The van der Waals surface area contributed by atoms with E-state index in [1.165, 1.54) is 40.7 Å². The zero-order valence-electron chi connectivity index (χ0n) is 58.5. The minimum atomic E-state index is -2.75. The number of halogens is 6. The van der Waals surface area contributed by atoms with E-state index in [0.29, 0.717) is 64.1 Å². The van der Waals surface area contributed by atoms with Crippen molar-refractivity contribution in [3.05, 3.63) is 274 Å². The summed E-state index contributed by atoms with van der Waals surface area (Å²) < 4.78 is 64.3. The van der Waals surface area contributed by atoms with Crippen molar-refractivity contribution in [3.63, 3.8) is 0 Å². The molecule has 106 heavy (non-hydrogen) atoms. The molecule has 0 saturated heterocycles. The van der Waals surface area contributed by atoms with Crippen molar-refractivity contribution in [1.82, 2.24) is 79.2 Å². The van der Waals surface area contributed by atoms with Gasteiger partial charge in [-0.3, -0.25) is 0 Å². The Kier molecular flexibility index (Phi) is 33.6. The van der Waals surface area contributed by atoms with Gasteiger partial charge in [0.05, 0.1) is 28.7 Å². The second kappa shape index (κ2) is 40.5. The minimum Gasteiger partial charge on any atom is -0.513 e. The van der Waals surface area contributed by atoms with Gasteiger partial charge in [-0.05, 0) is 119 Å². The largest absolute Gasteiger partial charge is 0.513 e. The number of aromatic nitrogens is 16. The van der Waals surface area contributed by atoms with Crippen molar-refractivity contribution >= 4 is 63.7 Å². The molecule has 0 bridgehead atoms. The van der Waals surface area contributed by atoms with Crippen LogP contribution >= 0.6 is 63.7 Å². The molecule has 8 aromatic carbocycles. The molecule has 540 valence electrons. The molecule has 2 aliphatic rings. The van der Waals surface area contributed by atoms with Crippen molar-refractivity contribution in [1.29, 1.82) is 0 Å². The van der Waals surface area contributed by atoms with Crippen LogP contribution in [0.2, 0.25) is 0 Å². The molecule has 1 unspecified atom stereocenters. The zero-order valence-corrected chi connectivity index (χ0v) is 76.1. The van der Waals surface area contributed by atoms with E-state index in [0.717, 1.165) is 99.2 Å². The number of aryl methyl sites for hydroxylation is 5. The summed E-state index contributed by atoms with van der Waals surface area (Å²) in [4.78, 5) is 49.1. The van der Waals surface area contributed by atoms with Crippen LogP contribution in [0.25, 0.3) is 22.7 Å². The van der Waals surface area contributed by atoms with Gasteiger partial charge in [0.2, 0.25) is 0 Å². The van der Waals surface area contributed by atoms with E-state index in [-0.39, 0.29) is 167 Å². The maximum atomic E-state index is 13.8. The summed E-state index contributed by atoms with van der Waals surface area (Å²) in [5, 5.41) is 30.9. The van der Waals surface area contributed by atoms with Crippen molar-refractivity contribution in [2.75, 3.05) is 0 Å². The molecule has 2 aliphatic carbocycles. The third-order valence-electron chi connectivity index (χ3n) is 16.6. The monoisotopic (exact) mass is 1990 g/mol. The first-order chi connectivity index (χ1) is 49.1. The topological polar surface area (TPSA) is 248 Å². The number of hydrogen-bond donors (Lipinski definition) is 0. The third kappa shape index (κ3) is 21.4. The van der Waals surface area contributed by atoms with Crippen LogP contribution in [-0.2, 0) is 192 Å². The summed E-state index contributed by atoms with van der Waals surface area (Å²) in [5.41, 5.74) is 8.39. The van der Waals surface area contributed by atoms with E-state index < -0.39 is 17.5 Å². The van der Waals surface area contributed by atoms with Gasteiger partial charge in [0, 0.05) is 211 Å². The molecule has 0 amide bonds. The molecular weight excluding hydrogens is 1930 g/mol. The van der Waals surface area contributed by atoms with Gasteiger partial charge in [0.1, 0.15) is 26.4 Å². The van der Waals surface area contributed by atoms with Crippen LogP contribution in [0, 0.1) is 24.3 Å². The van der Waals surface area contributed by atoms with Crippen LogP contribution in [0.15, 0.2) is 183 Å². The Bertz CT molecular complexity index is 5070. The van der Waals surface area contributed by atoms with Gasteiger partial charge < -0.3 is 18.9 Å². The summed E-state index contributed by atoms with van der Waals surface area (Å²) >= 11 is 13.8. The van der Waals surface area contributed by atoms with Crippen molar-refractivity contribution < 1.29 is 159 Å². The van der Waals surface area contributed by atoms with Gasteiger partial charge in [-0.15, -0.1) is 88.0 Å². The van der Waals surface area contributed by atoms with E-state index >= 15 is 0 Å². The number of nitrogens with zero attached hydrogens (tertiary/aromatic N) is 16. The molecular formula is C72H66Br4F2N16O8Y4-4. The Balaban J connectivity index is 0.000000195. The summed E-state index contributed by atoms with van der Waals surface area (Å²) in [7, 11) is 6.21. The van der Waals surface area contributed by atoms with E-state index in [9.17, 15) is 28.0 Å². The number of hydrogen-bond acceptors (Lipinski definition) is 16. The average molecular weight is 2000 g/mol. The molecule has 1 atom stereocenters. The summed E-state index contributed by atoms with van der Waals surface area (Å²) in [5.74, 6) is -0.112. The molecule has 0 N–H and O–H groups in total. The first kappa shape index (κ1) is 87.9. The first-order valence-electron chi connectivity index (χ1n) is 32.1. The van der Waals surface area contributed by atoms with Crippen LogP contribution in [0.3, 0.4) is 0 Å². The predicted molar refractivity (Wildman–Crippen MR) is 388 cm³/mol. The van der Waals surface area contributed by atoms with Crippen LogP contribution in [0.1, 0.15) is 109 Å². The van der Waals surface area contributed by atoms with E-state index in [2.05, 4.69) is 163 Å². The first-order valence-corrected chi connectivity index (χ1v) is 35.3. The Morgan fingerprint density at radius 3 is 1.08 bits per heavy atom. The Hall–Kier alpha value is -5.36. The van der Waals surface area contributed by atoms with Crippen molar-refractivity contribution in [2.24, 2.45) is 28.2 Å². The second-order valence-corrected chi connectivity index (χ2v) is 27.3. The van der Waals surface area contributed by atoms with Crippen molar-refractivity contribution in [2.45, 2.75) is 103 Å². The molecule has 12 aromatic rings. The van der Waals surface area contributed by atoms with Gasteiger partial charge >= 0.3 is 22.8 Å². The molecule has 24 nitrogen and oxygen atoms in total. The van der Waals surface area contributed by atoms with Gasteiger partial charge in [0.25, 0.3) is 5.92 Å². The van der Waals surface area contributed by atoms with E-state index in [4.69, 9.17) is 18.9 Å². The SMILES string of the molecule is CC(C)c1cccc(-n2nnn(C)c2=O)c1COc1cc[c-]cc1Br.CCCc1cccc(-n2nnn(C)c2=O)c1COc1cc[c-]cc1Br.Cn1nnn(-c2cccc(C3CC3(F)F)c2COc2cc[c-]cc2Br)c1=O.Cn1nnn(-c2cccc(C3CC3)c2COc2cc[c-]cc2Br)c1=O.[Y].[Y].[Y].[Y]. The normalized spacial score (nSPS) is 12.9. The quantitative estimate of drug-likeness (QED) is 0.0607. The predicted octanol–water partition coefficient (Wildman–Crippen LogP) is 12.5. The minimum absolute atomic E-state index is 0. The Labute approximate surface area is 743 Å². The average Bonchev–Trinajstić information content (AvgIpc) is 1.59. The summed E-state index contributed by atoms with van der Waals surface area (Å²) in [6.45, 7) is 7.34. The van der Waals surface area contributed by atoms with Crippen LogP contribution in [0.4, 0.5) is 8.78 Å². The number of tetrazole rings is 4. The fourth-order valence-corrected chi connectivity index (χ4v) is 12.6. The summed E-state index contributed by atoms with van der Waals surface area (Å²) in [6, 6.07) is 55.9. The molecule has 2 saturated carbocycles. The van der Waals surface area contributed by atoms with Crippen LogP contribution in [0.5, 0.6) is 23.0 Å². The van der Waals surface area contributed by atoms with E-state index in [1.807, 2.05) is 66.7 Å². The molecule has 4 radical (unpaired) electrons. The standard InChI is InChI=1S/C18H14BrF2N4O2.C18H16BrN4O2.2C18H18BrN4O2.4Y/c1-24-17(26)25(23-22-24)15-7-4-5-11(13-9-18(13,20)21)12(15)10-27-16-8-3-2-6-14(16)19;1-22-18(24)23(21-20-22)16-7-4-5-13(12-9-10-12)14(16)11-25-17-8-3-2-6-15(17)19;1-12(2)13-7-6-9-16(23-18(24)22(3)20-21-23)14(13)11-25-17-10-5-4-8-15(17)19;1-3-7-13-8-6-10-16(23-18(24)22(2)20-21-23)14(13)12-25-17-11-5-4-9-15(17)19;;;;/h3-8,13H,9-10H2,1H3;3-8,12H,9-11H2,1H3;5-10,12H,11H2,1-3H3;5-6,8-11H,3,7,12H2,1-2H3;;;;/q4*-1;;;;. The van der Waals surface area contributed by atoms with E-state index in [1.54, 1.807) is 87.9 Å². The molecule has 0 spiro atoms. The third-order valence-corrected chi connectivity index (χ3v) is 19.0. The number of benzene rings is 8. The second-order valence-electron chi connectivity index (χ2n) is 23.9. The molecule has 34 heteroatoms. The van der Waals surface area contributed by atoms with Crippen molar-refractivity contribution in [3.8, 4) is 45.7 Å².